The summed E-state index contributed by atoms with van der Waals surface area (Å²) < 4.78 is 68.4. The Kier molecular flexibility index (Phi) is 5.46. The molecule has 2 aromatic rings. The standard InChI is InChI=1S/C19H18F5NO/c20-18(21)26-14-8-9-15-12(10-14)5-3-7-17(15)25-11-13-4-1-2-6-16(13)19(22,23)24/h1-2,4,6,8-10,17-18,25H,3,5,7,11H2/t17-/m0/s1. The van der Waals surface area contributed by atoms with E-state index in [9.17, 15) is 22.0 Å². The first kappa shape index (κ1) is 18.6. The van der Waals surface area contributed by atoms with Gasteiger partial charge in [-0.15, -0.1) is 0 Å². The predicted octanol–water partition coefficient (Wildman–Crippen LogP) is 5.47. The third-order valence-corrected chi connectivity index (χ3v) is 4.52. The number of aryl methyl sites for hydroxylation is 1. The van der Waals surface area contributed by atoms with E-state index >= 15 is 0 Å². The Bertz CT molecular complexity index is 760. The second-order valence-electron chi connectivity index (χ2n) is 6.22. The first-order chi connectivity index (χ1) is 12.3. The largest absolute Gasteiger partial charge is 0.435 e. The maximum atomic E-state index is 13.1. The first-order valence-corrected chi connectivity index (χ1v) is 8.30. The van der Waals surface area contributed by atoms with Gasteiger partial charge in [-0.1, -0.05) is 24.3 Å². The average Bonchev–Trinajstić information content (AvgIpc) is 2.58. The van der Waals surface area contributed by atoms with Crippen LogP contribution in [0, 0.1) is 0 Å². The second-order valence-corrected chi connectivity index (χ2v) is 6.22. The minimum absolute atomic E-state index is 0.0784. The molecule has 0 aliphatic heterocycles. The smallest absolute Gasteiger partial charge is 0.416 e. The van der Waals surface area contributed by atoms with Crippen molar-refractivity contribution in [3.05, 3.63) is 64.7 Å². The number of rotatable bonds is 5. The molecule has 1 N–H and O–H groups in total. The minimum atomic E-state index is -4.40. The van der Waals surface area contributed by atoms with E-state index in [-0.39, 0.29) is 23.9 Å². The number of halogens is 5. The lowest BCUT2D eigenvalue weighted by Gasteiger charge is -2.27. The van der Waals surface area contributed by atoms with Gasteiger partial charge in [0.25, 0.3) is 0 Å². The van der Waals surface area contributed by atoms with Crippen molar-refractivity contribution in [1.29, 1.82) is 0 Å². The van der Waals surface area contributed by atoms with Gasteiger partial charge >= 0.3 is 12.8 Å². The SMILES string of the molecule is FC(F)Oc1ccc2c(c1)CCC[C@@H]2NCc1ccccc1C(F)(F)F. The van der Waals surface area contributed by atoms with E-state index in [0.29, 0.717) is 0 Å². The number of hydrogen-bond donors (Lipinski definition) is 1. The molecule has 140 valence electrons. The predicted molar refractivity (Wildman–Crippen MR) is 87.0 cm³/mol. The Morgan fingerprint density at radius 2 is 1.88 bits per heavy atom. The van der Waals surface area contributed by atoms with Gasteiger partial charge in [-0.25, -0.2) is 0 Å². The highest BCUT2D eigenvalue weighted by Crippen LogP contribution is 2.35. The number of hydrogen-bond acceptors (Lipinski definition) is 2. The van der Waals surface area contributed by atoms with Crippen LogP contribution in [0.2, 0.25) is 0 Å². The Labute approximate surface area is 148 Å². The third-order valence-electron chi connectivity index (χ3n) is 4.52. The van der Waals surface area contributed by atoms with Crippen LogP contribution in [0.15, 0.2) is 42.5 Å². The van der Waals surface area contributed by atoms with Gasteiger partial charge in [0.2, 0.25) is 0 Å². The summed E-state index contributed by atoms with van der Waals surface area (Å²) in [6.45, 7) is -2.81. The number of fused-ring (bicyclic) bond motifs is 1. The normalized spacial score (nSPS) is 17.2. The molecular weight excluding hydrogens is 353 g/mol. The van der Waals surface area contributed by atoms with Crippen LogP contribution < -0.4 is 10.1 Å². The molecule has 26 heavy (non-hydrogen) atoms. The number of ether oxygens (including phenoxy) is 1. The molecule has 1 atom stereocenters. The van der Waals surface area contributed by atoms with Crippen molar-refractivity contribution in [2.75, 3.05) is 0 Å². The molecule has 0 aromatic heterocycles. The highest BCUT2D eigenvalue weighted by Gasteiger charge is 2.33. The molecule has 0 saturated carbocycles. The van der Waals surface area contributed by atoms with E-state index in [1.807, 2.05) is 0 Å². The van der Waals surface area contributed by atoms with Crippen LogP contribution in [0.25, 0.3) is 0 Å². The Morgan fingerprint density at radius 1 is 1.12 bits per heavy atom. The molecule has 3 rings (SSSR count). The fourth-order valence-corrected chi connectivity index (χ4v) is 3.36. The first-order valence-electron chi connectivity index (χ1n) is 8.30. The van der Waals surface area contributed by atoms with Crippen molar-refractivity contribution < 1.29 is 26.7 Å². The van der Waals surface area contributed by atoms with E-state index < -0.39 is 18.4 Å². The van der Waals surface area contributed by atoms with Gasteiger partial charge in [0, 0.05) is 12.6 Å². The van der Waals surface area contributed by atoms with Gasteiger partial charge in [0.1, 0.15) is 5.75 Å². The van der Waals surface area contributed by atoms with Crippen molar-refractivity contribution in [2.24, 2.45) is 0 Å². The third kappa shape index (κ3) is 4.33. The second kappa shape index (κ2) is 7.61. The number of alkyl halides is 5. The molecule has 0 amide bonds. The summed E-state index contributed by atoms with van der Waals surface area (Å²) in [6, 6.07) is 10.1. The molecule has 0 spiro atoms. The summed E-state index contributed by atoms with van der Waals surface area (Å²) in [5, 5.41) is 3.18. The van der Waals surface area contributed by atoms with Gasteiger partial charge in [-0.3, -0.25) is 0 Å². The van der Waals surface area contributed by atoms with E-state index in [0.717, 1.165) is 36.5 Å². The van der Waals surface area contributed by atoms with Crippen LogP contribution in [0.5, 0.6) is 5.75 Å². The fraction of sp³-hybridized carbons (Fsp3) is 0.368. The molecule has 0 saturated heterocycles. The fourth-order valence-electron chi connectivity index (χ4n) is 3.36. The lowest BCUT2D eigenvalue weighted by molar-refractivity contribution is -0.138. The van der Waals surface area contributed by atoms with Crippen molar-refractivity contribution in [1.82, 2.24) is 5.32 Å². The van der Waals surface area contributed by atoms with E-state index in [1.54, 1.807) is 18.2 Å². The van der Waals surface area contributed by atoms with E-state index in [1.165, 1.54) is 18.2 Å². The molecule has 2 nitrogen and oxygen atoms in total. The molecule has 0 fully saturated rings. The zero-order valence-corrected chi connectivity index (χ0v) is 13.8. The molecule has 2 aromatic carbocycles. The number of nitrogens with one attached hydrogen (secondary N) is 1. The van der Waals surface area contributed by atoms with Gasteiger partial charge in [-0.2, -0.15) is 22.0 Å². The molecule has 0 unspecified atom stereocenters. The van der Waals surface area contributed by atoms with E-state index in [4.69, 9.17) is 0 Å². The van der Waals surface area contributed by atoms with Crippen LogP contribution in [0.3, 0.4) is 0 Å². The lowest BCUT2D eigenvalue weighted by Crippen LogP contribution is -2.26. The van der Waals surface area contributed by atoms with Gasteiger partial charge in [-0.05, 0) is 54.2 Å². The molecule has 0 heterocycles. The molecule has 0 bridgehead atoms. The maximum Gasteiger partial charge on any atom is 0.416 e. The molecular formula is C19H18F5NO. The van der Waals surface area contributed by atoms with Gasteiger partial charge in [0.15, 0.2) is 0 Å². The Morgan fingerprint density at radius 3 is 2.62 bits per heavy atom. The monoisotopic (exact) mass is 371 g/mol. The summed E-state index contributed by atoms with van der Waals surface area (Å²) >= 11 is 0. The average molecular weight is 371 g/mol. The molecule has 7 heteroatoms. The van der Waals surface area contributed by atoms with Crippen molar-refractivity contribution >= 4 is 0 Å². The van der Waals surface area contributed by atoms with Crippen molar-refractivity contribution in [2.45, 2.75) is 44.6 Å². The van der Waals surface area contributed by atoms with Crippen molar-refractivity contribution in [3.63, 3.8) is 0 Å². The summed E-state index contributed by atoms with van der Waals surface area (Å²) in [7, 11) is 0. The topological polar surface area (TPSA) is 21.3 Å². The summed E-state index contributed by atoms with van der Waals surface area (Å²) in [5.74, 6) is 0.0989. The van der Waals surface area contributed by atoms with E-state index in [2.05, 4.69) is 10.1 Å². The highest BCUT2D eigenvalue weighted by atomic mass is 19.4. The number of benzene rings is 2. The quantitative estimate of drug-likeness (QED) is 0.704. The maximum absolute atomic E-state index is 13.1. The molecule has 0 radical (unpaired) electrons. The molecule has 1 aliphatic rings. The van der Waals surface area contributed by atoms with Crippen LogP contribution in [0.4, 0.5) is 22.0 Å². The van der Waals surface area contributed by atoms with Crippen LogP contribution in [0.1, 0.15) is 41.1 Å². The Hall–Kier alpha value is -2.15. The molecule has 1 aliphatic carbocycles. The van der Waals surface area contributed by atoms with Gasteiger partial charge in [0.05, 0.1) is 5.56 Å². The van der Waals surface area contributed by atoms with Gasteiger partial charge < -0.3 is 10.1 Å². The summed E-state index contributed by atoms with van der Waals surface area (Å²) in [5.41, 5.74) is 1.34. The van der Waals surface area contributed by atoms with Crippen LogP contribution in [-0.2, 0) is 19.1 Å². The minimum Gasteiger partial charge on any atom is -0.435 e. The Balaban J connectivity index is 1.75. The zero-order chi connectivity index (χ0) is 18.7. The highest BCUT2D eigenvalue weighted by molar-refractivity contribution is 5.39. The lowest BCUT2D eigenvalue weighted by atomic mass is 9.87. The summed E-state index contributed by atoms with van der Waals surface area (Å²) in [4.78, 5) is 0. The zero-order valence-electron chi connectivity index (χ0n) is 13.8. The van der Waals surface area contributed by atoms with Crippen molar-refractivity contribution in [3.8, 4) is 5.75 Å². The van der Waals surface area contributed by atoms with Crippen LogP contribution >= 0.6 is 0 Å². The van der Waals surface area contributed by atoms with Crippen LogP contribution in [-0.4, -0.2) is 6.61 Å². The summed E-state index contributed by atoms with van der Waals surface area (Å²) in [6.07, 6.45) is -2.07.